The van der Waals surface area contributed by atoms with Gasteiger partial charge in [0.1, 0.15) is 12.0 Å². The van der Waals surface area contributed by atoms with Gasteiger partial charge in [0, 0.05) is 10.9 Å². The van der Waals surface area contributed by atoms with Crippen LogP contribution in [0.15, 0.2) is 24.3 Å². The minimum Gasteiger partial charge on any atom is -0.536 e. The van der Waals surface area contributed by atoms with E-state index >= 15 is 0 Å². The Labute approximate surface area is 102 Å². The molecule has 0 amide bonds. The monoisotopic (exact) mass is 232 g/mol. The number of aldehydes is 1. The van der Waals surface area contributed by atoms with Gasteiger partial charge in [0.15, 0.2) is 0 Å². The Morgan fingerprint density at radius 2 is 1.76 bits per heavy atom. The average molecular weight is 232 g/mol. The maximum atomic E-state index is 10.5. The summed E-state index contributed by atoms with van der Waals surface area (Å²) in [7, 11) is -0.236. The van der Waals surface area contributed by atoms with Gasteiger partial charge in [-0.3, -0.25) is 4.79 Å². The molecule has 1 aliphatic rings. The molecule has 1 fully saturated rings. The van der Waals surface area contributed by atoms with Crippen molar-refractivity contribution in [3.8, 4) is 5.75 Å². The van der Waals surface area contributed by atoms with Gasteiger partial charge in [0.05, 0.1) is 5.60 Å². The summed E-state index contributed by atoms with van der Waals surface area (Å²) >= 11 is 0. The van der Waals surface area contributed by atoms with E-state index in [-0.39, 0.29) is 18.0 Å². The number of benzene rings is 1. The number of hydrogen-bond acceptors (Lipinski definition) is 3. The summed E-state index contributed by atoms with van der Waals surface area (Å²) in [6.07, 6.45) is 0.816. The van der Waals surface area contributed by atoms with Crippen molar-refractivity contribution < 1.29 is 14.1 Å². The molecular formula is C13H17BO3. The Morgan fingerprint density at radius 3 is 2.18 bits per heavy atom. The SMILES string of the molecule is CC1(C)OB(Oc2ccc(C=O)cc2)C1(C)C. The van der Waals surface area contributed by atoms with Gasteiger partial charge in [-0.15, -0.1) is 0 Å². The molecule has 3 nitrogen and oxygen atoms in total. The highest BCUT2D eigenvalue weighted by Gasteiger charge is 2.62. The minimum absolute atomic E-state index is 0.0314. The van der Waals surface area contributed by atoms with E-state index in [1.807, 2.05) is 0 Å². The second kappa shape index (κ2) is 3.88. The average Bonchev–Trinajstić information content (AvgIpc) is 2.29. The lowest BCUT2D eigenvalue weighted by Gasteiger charge is -2.54. The van der Waals surface area contributed by atoms with Crippen molar-refractivity contribution in [1.82, 2.24) is 0 Å². The number of carbonyl (C=O) groups is 1. The molecular weight excluding hydrogens is 215 g/mol. The molecule has 0 spiro atoms. The Morgan fingerprint density at radius 1 is 1.18 bits per heavy atom. The van der Waals surface area contributed by atoms with Crippen LogP contribution in [-0.2, 0) is 4.65 Å². The third kappa shape index (κ3) is 1.97. The van der Waals surface area contributed by atoms with Crippen LogP contribution < -0.4 is 4.65 Å². The predicted molar refractivity (Wildman–Crippen MR) is 67.4 cm³/mol. The molecule has 1 aromatic carbocycles. The van der Waals surface area contributed by atoms with E-state index in [1.165, 1.54) is 0 Å². The standard InChI is InChI=1S/C13H17BO3/c1-12(2)13(3,4)17-14(12)16-11-7-5-10(9-15)6-8-11/h5-9H,1-4H3. The van der Waals surface area contributed by atoms with Crippen LogP contribution in [0.3, 0.4) is 0 Å². The summed E-state index contributed by atoms with van der Waals surface area (Å²) in [4.78, 5) is 10.5. The van der Waals surface area contributed by atoms with Crippen LogP contribution >= 0.6 is 0 Å². The molecule has 0 atom stereocenters. The molecule has 2 rings (SSSR count). The van der Waals surface area contributed by atoms with Crippen LogP contribution in [0.2, 0.25) is 5.31 Å². The lowest BCUT2D eigenvalue weighted by atomic mass is 9.45. The summed E-state index contributed by atoms with van der Waals surface area (Å²) in [5.41, 5.74) is 0.479. The van der Waals surface area contributed by atoms with E-state index in [0.717, 1.165) is 12.0 Å². The molecule has 0 bridgehead atoms. The molecule has 0 saturated carbocycles. The lowest BCUT2D eigenvalue weighted by Crippen LogP contribution is -2.64. The van der Waals surface area contributed by atoms with Crippen LogP contribution in [0.25, 0.3) is 0 Å². The first-order chi connectivity index (χ1) is 7.87. The van der Waals surface area contributed by atoms with Crippen molar-refractivity contribution in [1.29, 1.82) is 0 Å². The fourth-order valence-corrected chi connectivity index (χ4v) is 1.71. The molecule has 1 aliphatic heterocycles. The van der Waals surface area contributed by atoms with Gasteiger partial charge in [-0.25, -0.2) is 0 Å². The van der Waals surface area contributed by atoms with E-state index in [4.69, 9.17) is 9.31 Å². The summed E-state index contributed by atoms with van der Waals surface area (Å²) in [6.45, 7) is 8.37. The van der Waals surface area contributed by atoms with E-state index in [2.05, 4.69) is 27.7 Å². The zero-order valence-electron chi connectivity index (χ0n) is 10.7. The Hall–Kier alpha value is -1.29. The Bertz CT molecular complexity index is 423. The van der Waals surface area contributed by atoms with Gasteiger partial charge < -0.3 is 9.31 Å². The fourth-order valence-electron chi connectivity index (χ4n) is 1.71. The zero-order chi connectivity index (χ0) is 12.7. The number of hydrogen-bond donors (Lipinski definition) is 0. The molecule has 17 heavy (non-hydrogen) atoms. The van der Waals surface area contributed by atoms with E-state index in [9.17, 15) is 4.79 Å². The van der Waals surface area contributed by atoms with Gasteiger partial charge in [-0.2, -0.15) is 0 Å². The van der Waals surface area contributed by atoms with E-state index in [0.29, 0.717) is 5.56 Å². The molecule has 1 aromatic rings. The smallest absolute Gasteiger partial charge is 0.534 e. The quantitative estimate of drug-likeness (QED) is 0.593. The van der Waals surface area contributed by atoms with E-state index < -0.39 is 0 Å². The molecule has 0 aliphatic carbocycles. The summed E-state index contributed by atoms with van der Waals surface area (Å²) in [5.74, 6) is 0.726. The Balaban J connectivity index is 2.05. The van der Waals surface area contributed by atoms with Gasteiger partial charge in [0.25, 0.3) is 0 Å². The maximum absolute atomic E-state index is 10.5. The van der Waals surface area contributed by atoms with Crippen LogP contribution in [0.5, 0.6) is 5.75 Å². The van der Waals surface area contributed by atoms with Crippen LogP contribution in [-0.4, -0.2) is 19.0 Å². The van der Waals surface area contributed by atoms with Crippen molar-refractivity contribution >= 4 is 13.4 Å². The second-order valence-corrected chi connectivity index (χ2v) is 5.49. The fraction of sp³-hybridized carbons (Fsp3) is 0.462. The molecule has 0 aromatic heterocycles. The topological polar surface area (TPSA) is 35.5 Å². The first-order valence-corrected chi connectivity index (χ1v) is 5.76. The summed E-state index contributed by atoms with van der Waals surface area (Å²) in [6, 6.07) is 7.04. The normalized spacial score (nSPS) is 20.6. The minimum atomic E-state index is -0.236. The van der Waals surface area contributed by atoms with Crippen LogP contribution in [0, 0.1) is 0 Å². The molecule has 0 radical (unpaired) electrons. The van der Waals surface area contributed by atoms with Crippen molar-refractivity contribution in [3.63, 3.8) is 0 Å². The zero-order valence-corrected chi connectivity index (χ0v) is 10.7. The summed E-state index contributed by atoms with van der Waals surface area (Å²) in [5, 5.41) is -0.0314. The predicted octanol–water partition coefficient (Wildman–Crippen LogP) is 2.96. The summed E-state index contributed by atoms with van der Waals surface area (Å²) < 4.78 is 11.5. The molecule has 1 saturated heterocycles. The van der Waals surface area contributed by atoms with Gasteiger partial charge in [-0.05, 0) is 38.1 Å². The number of carbonyl (C=O) groups excluding carboxylic acids is 1. The highest BCUT2D eigenvalue weighted by molar-refractivity contribution is 6.53. The molecule has 0 unspecified atom stereocenters. The third-order valence-electron chi connectivity index (χ3n) is 3.80. The van der Waals surface area contributed by atoms with Crippen molar-refractivity contribution in [3.05, 3.63) is 29.8 Å². The van der Waals surface area contributed by atoms with Crippen LogP contribution in [0.4, 0.5) is 0 Å². The molecule has 0 N–H and O–H groups in total. The molecule has 4 heteroatoms. The van der Waals surface area contributed by atoms with Crippen molar-refractivity contribution in [2.24, 2.45) is 0 Å². The van der Waals surface area contributed by atoms with E-state index in [1.54, 1.807) is 24.3 Å². The van der Waals surface area contributed by atoms with Gasteiger partial charge in [0.2, 0.25) is 0 Å². The molecule has 1 heterocycles. The largest absolute Gasteiger partial charge is 0.536 e. The lowest BCUT2D eigenvalue weighted by molar-refractivity contribution is -0.0412. The third-order valence-corrected chi connectivity index (χ3v) is 3.80. The van der Waals surface area contributed by atoms with Gasteiger partial charge in [-0.1, -0.05) is 13.8 Å². The second-order valence-electron chi connectivity index (χ2n) is 5.49. The van der Waals surface area contributed by atoms with Crippen LogP contribution in [0.1, 0.15) is 38.1 Å². The maximum Gasteiger partial charge on any atom is 0.534 e. The Kier molecular flexibility index (Phi) is 2.78. The highest BCUT2D eigenvalue weighted by atomic mass is 16.6. The van der Waals surface area contributed by atoms with Gasteiger partial charge >= 0.3 is 7.12 Å². The first kappa shape index (κ1) is 12.2. The van der Waals surface area contributed by atoms with Crippen molar-refractivity contribution in [2.45, 2.75) is 38.6 Å². The highest BCUT2D eigenvalue weighted by Crippen LogP contribution is 2.53. The molecule has 90 valence electrons. The van der Waals surface area contributed by atoms with Crippen molar-refractivity contribution in [2.75, 3.05) is 0 Å². The number of rotatable bonds is 3. The first-order valence-electron chi connectivity index (χ1n) is 5.76.